The van der Waals surface area contributed by atoms with Crippen LogP contribution in [0, 0.1) is 0 Å². The second-order valence-electron chi connectivity index (χ2n) is 3.16. The molecule has 1 aromatic rings. The third kappa shape index (κ3) is 1.88. The second-order valence-corrected chi connectivity index (χ2v) is 3.16. The Morgan fingerprint density at radius 3 is 2.33 bits per heavy atom. The number of aromatic hydroxyl groups is 2. The summed E-state index contributed by atoms with van der Waals surface area (Å²) in [5.74, 6) is -0.547. The Morgan fingerprint density at radius 2 is 1.73 bits per heavy atom. The average Bonchev–Trinajstić information content (AvgIpc) is 2.49. The van der Waals surface area contributed by atoms with Crippen molar-refractivity contribution in [2.75, 3.05) is 7.05 Å². The molecule has 0 unspecified atom stereocenters. The zero-order valence-corrected chi connectivity index (χ0v) is 9.11. The molecule has 0 atom stereocenters. The maximum absolute atomic E-state index is 11.4. The lowest BCUT2D eigenvalue weighted by atomic mass is 10.1. The summed E-state index contributed by atoms with van der Waals surface area (Å²) in [6.45, 7) is 4.49. The fraction of sp³-hybridized carbons (Fsp3) is 0.364. The van der Waals surface area contributed by atoms with Crippen molar-refractivity contribution >= 4 is 5.91 Å². The fourth-order valence-electron chi connectivity index (χ4n) is 1.48. The van der Waals surface area contributed by atoms with Gasteiger partial charge in [0.2, 0.25) is 0 Å². The Morgan fingerprint density at radius 1 is 1.20 bits per heavy atom. The van der Waals surface area contributed by atoms with Gasteiger partial charge in [-0.25, -0.2) is 0 Å². The minimum atomic E-state index is -0.248. The lowest BCUT2D eigenvalue weighted by Gasteiger charge is -2.04. The number of hydrogen-bond acceptors (Lipinski definition) is 3. The normalized spacial score (nSPS) is 13.3. The van der Waals surface area contributed by atoms with E-state index < -0.39 is 0 Å². The molecule has 2 N–H and O–H groups in total. The van der Waals surface area contributed by atoms with Crippen molar-refractivity contribution in [3.05, 3.63) is 23.3 Å². The molecule has 1 amide bonds. The van der Waals surface area contributed by atoms with Gasteiger partial charge in [0.1, 0.15) is 0 Å². The van der Waals surface area contributed by atoms with Crippen LogP contribution in [-0.4, -0.2) is 28.1 Å². The Kier molecular flexibility index (Phi) is 3.19. The quantitative estimate of drug-likeness (QED) is 0.639. The third-order valence-electron chi connectivity index (χ3n) is 2.19. The second kappa shape index (κ2) is 4.21. The molecular formula is C11H15NO3. The number of fused-ring (bicyclic) bond motifs is 1. The predicted octanol–water partition coefficient (Wildman–Crippen LogP) is 1.71. The SMILES string of the molecule is CC.CN1Cc2cc(O)c(O)cc2C1=O. The van der Waals surface area contributed by atoms with Crippen LogP contribution < -0.4 is 0 Å². The lowest BCUT2D eigenvalue weighted by Crippen LogP contribution is -2.17. The number of nitrogens with zero attached hydrogens (tertiary/aromatic N) is 1. The number of carbonyl (C=O) groups is 1. The highest BCUT2D eigenvalue weighted by atomic mass is 16.3. The topological polar surface area (TPSA) is 60.8 Å². The van der Waals surface area contributed by atoms with Gasteiger partial charge in [0.15, 0.2) is 11.5 Å². The molecule has 0 bridgehead atoms. The van der Waals surface area contributed by atoms with E-state index in [2.05, 4.69) is 0 Å². The first kappa shape index (κ1) is 11.4. The minimum absolute atomic E-state index is 0.120. The van der Waals surface area contributed by atoms with Gasteiger partial charge < -0.3 is 15.1 Å². The van der Waals surface area contributed by atoms with Crippen LogP contribution in [0.3, 0.4) is 0 Å². The molecule has 0 saturated carbocycles. The summed E-state index contributed by atoms with van der Waals surface area (Å²) < 4.78 is 0. The van der Waals surface area contributed by atoms with Gasteiger partial charge in [-0.3, -0.25) is 4.79 Å². The van der Waals surface area contributed by atoms with E-state index in [0.29, 0.717) is 12.1 Å². The van der Waals surface area contributed by atoms with Crippen LogP contribution in [0.15, 0.2) is 12.1 Å². The molecule has 1 aliphatic rings. The van der Waals surface area contributed by atoms with Crippen molar-refractivity contribution in [3.8, 4) is 11.5 Å². The highest BCUT2D eigenvalue weighted by Crippen LogP contribution is 2.32. The van der Waals surface area contributed by atoms with Gasteiger partial charge in [0.05, 0.1) is 0 Å². The van der Waals surface area contributed by atoms with Crippen molar-refractivity contribution < 1.29 is 15.0 Å². The molecule has 4 heteroatoms. The van der Waals surface area contributed by atoms with Gasteiger partial charge in [-0.2, -0.15) is 0 Å². The number of carbonyl (C=O) groups excluding carboxylic acids is 1. The summed E-state index contributed by atoms with van der Waals surface area (Å²) in [6.07, 6.45) is 0. The van der Waals surface area contributed by atoms with Crippen molar-refractivity contribution in [2.24, 2.45) is 0 Å². The zero-order valence-electron chi connectivity index (χ0n) is 9.11. The summed E-state index contributed by atoms with van der Waals surface area (Å²) >= 11 is 0. The van der Waals surface area contributed by atoms with Gasteiger partial charge in [0, 0.05) is 19.2 Å². The van der Waals surface area contributed by atoms with Crippen LogP contribution in [0.1, 0.15) is 29.8 Å². The molecule has 0 spiro atoms. The van der Waals surface area contributed by atoms with Crippen LogP contribution in [0.25, 0.3) is 0 Å². The van der Waals surface area contributed by atoms with Crippen molar-refractivity contribution in [3.63, 3.8) is 0 Å². The molecule has 0 aliphatic carbocycles. The minimum Gasteiger partial charge on any atom is -0.504 e. The van der Waals surface area contributed by atoms with E-state index in [1.165, 1.54) is 17.0 Å². The molecule has 82 valence electrons. The monoisotopic (exact) mass is 209 g/mol. The summed E-state index contributed by atoms with van der Waals surface area (Å²) in [5, 5.41) is 18.3. The maximum atomic E-state index is 11.4. The van der Waals surface area contributed by atoms with Crippen LogP contribution in [0.2, 0.25) is 0 Å². The molecule has 2 rings (SSSR count). The molecule has 1 heterocycles. The number of rotatable bonds is 0. The zero-order chi connectivity index (χ0) is 11.6. The summed E-state index contributed by atoms with van der Waals surface area (Å²) in [6, 6.07) is 2.72. The van der Waals surface area contributed by atoms with E-state index in [1.54, 1.807) is 7.05 Å². The lowest BCUT2D eigenvalue weighted by molar-refractivity contribution is 0.0816. The molecule has 1 aromatic carbocycles. The summed E-state index contributed by atoms with van der Waals surface area (Å²) in [4.78, 5) is 12.9. The predicted molar refractivity (Wildman–Crippen MR) is 56.9 cm³/mol. The van der Waals surface area contributed by atoms with Gasteiger partial charge in [0.25, 0.3) is 5.91 Å². The average molecular weight is 209 g/mol. The van der Waals surface area contributed by atoms with Gasteiger partial charge >= 0.3 is 0 Å². The summed E-state index contributed by atoms with van der Waals surface area (Å²) in [5.41, 5.74) is 1.22. The van der Waals surface area contributed by atoms with E-state index in [-0.39, 0.29) is 17.4 Å². The Hall–Kier alpha value is -1.71. The molecule has 0 saturated heterocycles. The molecule has 0 aromatic heterocycles. The van der Waals surface area contributed by atoms with Gasteiger partial charge in [-0.05, 0) is 17.7 Å². The van der Waals surface area contributed by atoms with Gasteiger partial charge in [-0.1, -0.05) is 13.8 Å². The first-order valence-corrected chi connectivity index (χ1v) is 4.90. The standard InChI is InChI=1S/C9H9NO3.C2H6/c1-10-4-5-2-7(11)8(12)3-6(5)9(10)13;1-2/h2-3,11-12H,4H2,1H3;1-2H3. The summed E-state index contributed by atoms with van der Waals surface area (Å²) in [7, 11) is 1.68. The van der Waals surface area contributed by atoms with Crippen LogP contribution in [0.4, 0.5) is 0 Å². The van der Waals surface area contributed by atoms with E-state index in [1.807, 2.05) is 13.8 Å². The van der Waals surface area contributed by atoms with Crippen molar-refractivity contribution in [1.29, 1.82) is 0 Å². The first-order valence-electron chi connectivity index (χ1n) is 4.90. The Labute approximate surface area is 88.8 Å². The van der Waals surface area contributed by atoms with Crippen LogP contribution in [-0.2, 0) is 6.54 Å². The van der Waals surface area contributed by atoms with Crippen LogP contribution in [0.5, 0.6) is 11.5 Å². The molecule has 4 nitrogen and oxygen atoms in total. The van der Waals surface area contributed by atoms with Crippen LogP contribution >= 0.6 is 0 Å². The molecule has 15 heavy (non-hydrogen) atoms. The molecular weight excluding hydrogens is 194 g/mol. The van der Waals surface area contributed by atoms with Gasteiger partial charge in [-0.15, -0.1) is 0 Å². The van der Waals surface area contributed by atoms with Crippen molar-refractivity contribution in [1.82, 2.24) is 4.90 Å². The number of phenols is 2. The van der Waals surface area contributed by atoms with E-state index in [4.69, 9.17) is 5.11 Å². The smallest absolute Gasteiger partial charge is 0.254 e. The first-order chi connectivity index (χ1) is 7.09. The Bertz CT molecular complexity index is 388. The largest absolute Gasteiger partial charge is 0.504 e. The molecule has 0 fully saturated rings. The number of phenolic OH excluding ortho intramolecular Hbond substituents is 2. The number of benzene rings is 1. The number of hydrogen-bond donors (Lipinski definition) is 2. The van der Waals surface area contributed by atoms with E-state index in [9.17, 15) is 9.90 Å². The van der Waals surface area contributed by atoms with Crippen molar-refractivity contribution in [2.45, 2.75) is 20.4 Å². The van der Waals surface area contributed by atoms with E-state index in [0.717, 1.165) is 5.56 Å². The number of amides is 1. The molecule has 1 aliphatic heterocycles. The molecule has 0 radical (unpaired) electrons. The highest BCUT2D eigenvalue weighted by molar-refractivity contribution is 5.98. The highest BCUT2D eigenvalue weighted by Gasteiger charge is 2.25. The maximum Gasteiger partial charge on any atom is 0.254 e. The third-order valence-corrected chi connectivity index (χ3v) is 2.19. The fourth-order valence-corrected chi connectivity index (χ4v) is 1.48. The Balaban J connectivity index is 0.000000531. The van der Waals surface area contributed by atoms with E-state index >= 15 is 0 Å².